The third-order valence-corrected chi connectivity index (χ3v) is 11.2. The first-order valence-electron chi connectivity index (χ1n) is 15.3. The van der Waals surface area contributed by atoms with Gasteiger partial charge in [0.05, 0.1) is 29.2 Å². The third-order valence-electron chi connectivity index (χ3n) is 9.25. The van der Waals surface area contributed by atoms with Crippen LogP contribution >= 0.6 is 11.8 Å². The number of fused-ring (bicyclic) bond motifs is 1. The lowest BCUT2D eigenvalue weighted by Crippen LogP contribution is -2.58. The minimum atomic E-state index is -0.786. The van der Waals surface area contributed by atoms with Crippen molar-refractivity contribution in [3.05, 3.63) is 49.6 Å². The van der Waals surface area contributed by atoms with Gasteiger partial charge in [0.15, 0.2) is 0 Å². The van der Waals surface area contributed by atoms with Crippen LogP contribution in [-0.4, -0.2) is 94.5 Å². The molecule has 1 N–H and O–H groups in total. The summed E-state index contributed by atoms with van der Waals surface area (Å²) < 4.78 is -0.723. The van der Waals surface area contributed by atoms with Gasteiger partial charge >= 0.3 is 0 Å². The summed E-state index contributed by atoms with van der Waals surface area (Å²) >= 11 is 1.66. The van der Waals surface area contributed by atoms with Gasteiger partial charge in [-0.1, -0.05) is 26.0 Å². The molecule has 3 amide bonds. The van der Waals surface area contributed by atoms with E-state index in [1.54, 1.807) is 45.7 Å². The summed E-state index contributed by atoms with van der Waals surface area (Å²) in [6, 6.07) is 6.67. The van der Waals surface area contributed by atoms with Crippen molar-refractivity contribution in [1.82, 2.24) is 9.80 Å². The number of carbonyl (C=O) groups is 3. The number of amides is 3. The van der Waals surface area contributed by atoms with Gasteiger partial charge in [0.25, 0.3) is 5.91 Å². The highest BCUT2D eigenvalue weighted by Gasteiger charge is 2.74. The van der Waals surface area contributed by atoms with Crippen LogP contribution in [0.3, 0.4) is 0 Å². The van der Waals surface area contributed by atoms with E-state index in [9.17, 15) is 19.5 Å². The fourth-order valence-corrected chi connectivity index (χ4v) is 9.63. The topological polar surface area (TPSA) is 84.4 Å². The summed E-state index contributed by atoms with van der Waals surface area (Å²) in [5, 5.41) is 10.6. The van der Waals surface area contributed by atoms with Crippen molar-refractivity contribution in [3.63, 3.8) is 0 Å². The Morgan fingerprint density at radius 2 is 1.71 bits per heavy atom. The highest BCUT2D eigenvalue weighted by Crippen LogP contribution is 2.67. The molecule has 0 aliphatic carbocycles. The minimum Gasteiger partial charge on any atom is -0.394 e. The van der Waals surface area contributed by atoms with Crippen LogP contribution in [0, 0.1) is 17.8 Å². The number of hydrogen-bond acceptors (Lipinski definition) is 6. The predicted molar refractivity (Wildman–Crippen MR) is 172 cm³/mol. The predicted octanol–water partition coefficient (Wildman–Crippen LogP) is 4.19. The van der Waals surface area contributed by atoms with Gasteiger partial charge in [0.2, 0.25) is 11.8 Å². The number of nitrogens with zero attached hydrogens (tertiary/aromatic N) is 4. The zero-order valence-electron chi connectivity index (χ0n) is 25.9. The maximum absolute atomic E-state index is 14.8. The fourth-order valence-electron chi connectivity index (χ4n) is 7.44. The van der Waals surface area contributed by atoms with Crippen molar-refractivity contribution in [2.75, 3.05) is 49.6 Å². The second-order valence-electron chi connectivity index (χ2n) is 12.2. The van der Waals surface area contributed by atoms with Gasteiger partial charge in [-0.05, 0) is 63.3 Å². The molecule has 3 saturated heterocycles. The molecule has 1 aromatic rings. The Labute approximate surface area is 255 Å². The van der Waals surface area contributed by atoms with Gasteiger partial charge in [-0.25, -0.2) is 0 Å². The van der Waals surface area contributed by atoms with Gasteiger partial charge in [0, 0.05) is 49.9 Å². The van der Waals surface area contributed by atoms with Crippen LogP contribution in [0.2, 0.25) is 0 Å². The quantitative estimate of drug-likeness (QED) is 0.324. The molecule has 3 fully saturated rings. The molecule has 3 aliphatic heterocycles. The van der Waals surface area contributed by atoms with Gasteiger partial charge in [0.1, 0.15) is 6.04 Å². The summed E-state index contributed by atoms with van der Waals surface area (Å²) in [6.07, 6.45) is 5.42. The summed E-state index contributed by atoms with van der Waals surface area (Å²) in [5.41, 5.74) is 1.82. The smallest absolute Gasteiger partial charge is 0.251 e. The molecule has 9 heteroatoms. The Morgan fingerprint density at radius 3 is 2.26 bits per heavy atom. The highest BCUT2D eigenvalue weighted by atomic mass is 32.2. The number of likely N-dealkylation sites (N-methyl/N-ethyl adjacent to an activating group) is 1. The fraction of sp³-hybridized carbons (Fsp3) is 0.606. The van der Waals surface area contributed by atoms with Crippen LogP contribution in [0.5, 0.6) is 0 Å². The largest absolute Gasteiger partial charge is 0.394 e. The van der Waals surface area contributed by atoms with E-state index in [1.165, 1.54) is 0 Å². The number of thioether (sulfide) groups is 1. The lowest BCUT2D eigenvalue weighted by Gasteiger charge is -2.40. The SMILES string of the molecule is C=CCN(C)C(=O)[C@@H]1[C@H]2C(=O)N([C@@H](CO)CC(C)C)C(C(=O)N(CC=C)c3ccc(N(CC)CC)cc3)C23CC[C@H]1S3. The van der Waals surface area contributed by atoms with Crippen molar-refractivity contribution in [2.24, 2.45) is 17.8 Å². The molecule has 3 aliphatic rings. The average Bonchev–Trinajstić information content (AvgIpc) is 3.62. The van der Waals surface area contributed by atoms with Gasteiger partial charge in [-0.15, -0.1) is 24.9 Å². The van der Waals surface area contributed by atoms with Gasteiger partial charge in [-0.2, -0.15) is 0 Å². The molecule has 3 heterocycles. The zero-order valence-corrected chi connectivity index (χ0v) is 26.7. The molecule has 8 nitrogen and oxygen atoms in total. The average molecular weight is 597 g/mol. The van der Waals surface area contributed by atoms with Crippen LogP contribution in [-0.2, 0) is 14.4 Å². The summed E-state index contributed by atoms with van der Waals surface area (Å²) in [4.78, 5) is 50.3. The second-order valence-corrected chi connectivity index (χ2v) is 13.8. The molecular formula is C33H48N4O4S. The molecule has 4 rings (SSSR count). The van der Waals surface area contributed by atoms with Crippen molar-refractivity contribution < 1.29 is 19.5 Å². The summed E-state index contributed by atoms with van der Waals surface area (Å²) in [7, 11) is 1.75. The van der Waals surface area contributed by atoms with E-state index in [1.807, 2.05) is 24.3 Å². The first-order valence-corrected chi connectivity index (χ1v) is 16.2. The van der Waals surface area contributed by atoms with Gasteiger partial charge in [-0.3, -0.25) is 14.4 Å². The summed E-state index contributed by atoms with van der Waals surface area (Å²) in [5.74, 6) is -1.32. The normalized spacial score (nSPS) is 26.7. The van der Waals surface area contributed by atoms with E-state index in [4.69, 9.17) is 0 Å². The lowest BCUT2D eigenvalue weighted by atomic mass is 9.70. The molecule has 0 saturated carbocycles. The number of benzene rings is 1. The maximum atomic E-state index is 14.8. The molecule has 2 bridgehead atoms. The number of aliphatic hydroxyl groups is 1. The molecule has 0 radical (unpaired) electrons. The van der Waals surface area contributed by atoms with E-state index >= 15 is 0 Å². The number of likely N-dealkylation sites (tertiary alicyclic amines) is 1. The van der Waals surface area contributed by atoms with Crippen molar-refractivity contribution in [1.29, 1.82) is 0 Å². The monoisotopic (exact) mass is 596 g/mol. The van der Waals surface area contributed by atoms with E-state index in [2.05, 4.69) is 45.8 Å². The first kappa shape index (κ1) is 32.1. The number of aliphatic hydroxyl groups excluding tert-OH is 1. The third kappa shape index (κ3) is 5.50. The molecule has 230 valence electrons. The molecule has 2 unspecified atom stereocenters. The standard InChI is InChI=1S/C33H48N4O4S/c1-8-18-34(7)30(39)27-26-16-17-33(42-26)28(27)31(40)37(25(21-38)20-22(5)6)29(33)32(41)36(19-9-2)24-14-12-23(13-15-24)35(10-3)11-4/h8-9,12-15,22,25-29,38H,1-2,10-11,16-21H2,3-7H3/t25-,26-,27+,28+,29?,33?/m1/s1. The minimum absolute atomic E-state index is 0.0185. The Bertz CT molecular complexity index is 1170. The lowest BCUT2D eigenvalue weighted by molar-refractivity contribution is -0.145. The number of hydrogen-bond donors (Lipinski definition) is 1. The van der Waals surface area contributed by atoms with E-state index < -0.39 is 28.7 Å². The molecule has 1 aromatic carbocycles. The Kier molecular flexibility index (Phi) is 10.1. The molecular weight excluding hydrogens is 548 g/mol. The Morgan fingerprint density at radius 1 is 1.10 bits per heavy atom. The Balaban J connectivity index is 1.79. The van der Waals surface area contributed by atoms with Crippen LogP contribution in [0.25, 0.3) is 0 Å². The van der Waals surface area contributed by atoms with Crippen LogP contribution in [0.1, 0.15) is 47.0 Å². The van der Waals surface area contributed by atoms with Crippen LogP contribution in [0.15, 0.2) is 49.6 Å². The first-order chi connectivity index (χ1) is 20.1. The molecule has 1 spiro atoms. The highest BCUT2D eigenvalue weighted by molar-refractivity contribution is 8.02. The maximum Gasteiger partial charge on any atom is 0.251 e. The van der Waals surface area contributed by atoms with E-state index in [-0.39, 0.29) is 42.0 Å². The molecule has 42 heavy (non-hydrogen) atoms. The van der Waals surface area contributed by atoms with Crippen LogP contribution < -0.4 is 9.80 Å². The second kappa shape index (κ2) is 13.2. The van der Waals surface area contributed by atoms with Crippen molar-refractivity contribution in [3.8, 4) is 0 Å². The van der Waals surface area contributed by atoms with Crippen molar-refractivity contribution >= 4 is 40.9 Å². The number of anilines is 2. The van der Waals surface area contributed by atoms with E-state index in [0.29, 0.717) is 19.4 Å². The van der Waals surface area contributed by atoms with Crippen molar-refractivity contribution in [2.45, 2.75) is 69.0 Å². The van der Waals surface area contributed by atoms with E-state index in [0.717, 1.165) is 30.9 Å². The zero-order chi connectivity index (χ0) is 30.8. The summed E-state index contributed by atoms with van der Waals surface area (Å²) in [6.45, 7) is 18.3. The number of carbonyl (C=O) groups excluding carboxylic acids is 3. The molecule has 6 atom stereocenters. The molecule has 0 aromatic heterocycles. The van der Waals surface area contributed by atoms with Gasteiger partial charge < -0.3 is 24.7 Å². The Hall–Kier alpha value is -2.78. The number of rotatable bonds is 14. The van der Waals surface area contributed by atoms with Crippen LogP contribution in [0.4, 0.5) is 11.4 Å².